The Bertz CT molecular complexity index is 776. The predicted octanol–water partition coefficient (Wildman–Crippen LogP) is 3.88. The van der Waals surface area contributed by atoms with Crippen molar-refractivity contribution in [3.8, 4) is 5.75 Å². The van der Waals surface area contributed by atoms with Crippen molar-refractivity contribution in [2.75, 3.05) is 0 Å². The summed E-state index contributed by atoms with van der Waals surface area (Å²) in [7, 11) is 0. The molecule has 0 radical (unpaired) electrons. The highest BCUT2D eigenvalue weighted by Crippen LogP contribution is 2.31. The zero-order valence-corrected chi connectivity index (χ0v) is 10.8. The van der Waals surface area contributed by atoms with E-state index in [4.69, 9.17) is 0 Å². The topological polar surface area (TPSA) is 48.9 Å². The Hall–Kier alpha value is -2.50. The fourth-order valence-electron chi connectivity index (χ4n) is 2.13. The maximum absolute atomic E-state index is 12.6. The van der Waals surface area contributed by atoms with Crippen LogP contribution < -0.4 is 0 Å². The van der Waals surface area contributed by atoms with Gasteiger partial charge in [0.25, 0.3) is 0 Å². The average Bonchev–Trinajstić information content (AvgIpc) is 2.81. The number of hydrogen-bond donors (Lipinski definition) is 2. The Kier molecular flexibility index (Phi) is 3.08. The molecular weight excluding hydrogens is 281 g/mol. The Morgan fingerprint density at radius 2 is 1.76 bits per heavy atom. The molecule has 6 heteroatoms. The van der Waals surface area contributed by atoms with Crippen molar-refractivity contribution in [2.45, 2.75) is 12.6 Å². The maximum Gasteiger partial charge on any atom is 0.416 e. The highest BCUT2D eigenvalue weighted by molar-refractivity contribution is 5.76. The van der Waals surface area contributed by atoms with Crippen LogP contribution in [0.5, 0.6) is 5.75 Å². The van der Waals surface area contributed by atoms with Crippen LogP contribution in [0.25, 0.3) is 11.0 Å². The molecule has 0 unspecified atom stereocenters. The summed E-state index contributed by atoms with van der Waals surface area (Å²) < 4.78 is 37.9. The number of nitrogens with one attached hydrogen (secondary N) is 1. The van der Waals surface area contributed by atoms with Crippen LogP contribution in [0.2, 0.25) is 0 Å². The molecule has 0 bridgehead atoms. The van der Waals surface area contributed by atoms with Crippen molar-refractivity contribution in [3.05, 3.63) is 59.4 Å². The number of rotatable bonds is 2. The molecule has 2 N–H and O–H groups in total. The number of benzene rings is 2. The van der Waals surface area contributed by atoms with Crippen molar-refractivity contribution >= 4 is 11.0 Å². The van der Waals surface area contributed by atoms with E-state index in [1.165, 1.54) is 6.07 Å². The molecule has 0 spiro atoms. The second-order valence-electron chi connectivity index (χ2n) is 4.76. The highest BCUT2D eigenvalue weighted by atomic mass is 19.4. The average molecular weight is 292 g/mol. The molecule has 0 saturated carbocycles. The number of aromatic nitrogens is 2. The molecule has 3 nitrogen and oxygen atoms in total. The van der Waals surface area contributed by atoms with Gasteiger partial charge < -0.3 is 10.1 Å². The smallest absolute Gasteiger partial charge is 0.416 e. The molecule has 2 aromatic carbocycles. The molecular formula is C15H11F3N2O. The van der Waals surface area contributed by atoms with E-state index in [0.717, 1.165) is 17.7 Å². The number of hydrogen-bond acceptors (Lipinski definition) is 2. The number of H-pyrrole nitrogens is 1. The second-order valence-corrected chi connectivity index (χ2v) is 4.76. The summed E-state index contributed by atoms with van der Waals surface area (Å²) in [6.45, 7) is 0. The van der Waals surface area contributed by atoms with Crippen molar-refractivity contribution in [3.63, 3.8) is 0 Å². The van der Waals surface area contributed by atoms with Gasteiger partial charge >= 0.3 is 6.18 Å². The van der Waals surface area contributed by atoms with E-state index in [1.807, 2.05) is 0 Å². The first-order valence-corrected chi connectivity index (χ1v) is 6.25. The number of aromatic hydroxyl groups is 1. The van der Waals surface area contributed by atoms with Gasteiger partial charge in [-0.15, -0.1) is 0 Å². The van der Waals surface area contributed by atoms with Gasteiger partial charge in [0.15, 0.2) is 0 Å². The number of phenols is 1. The van der Waals surface area contributed by atoms with E-state index in [9.17, 15) is 18.3 Å². The van der Waals surface area contributed by atoms with Crippen molar-refractivity contribution in [1.82, 2.24) is 9.97 Å². The van der Waals surface area contributed by atoms with E-state index in [-0.39, 0.29) is 5.75 Å². The van der Waals surface area contributed by atoms with Gasteiger partial charge in [-0.05, 0) is 35.9 Å². The first-order chi connectivity index (χ1) is 9.91. The summed E-state index contributed by atoms with van der Waals surface area (Å²) in [4.78, 5) is 7.17. The standard InChI is InChI=1S/C15H11F3N2O/c16-15(17,18)10-3-6-12-13(8-10)20-14(19-12)7-9-1-4-11(21)5-2-9/h1-6,8,21H,7H2,(H,19,20). The maximum atomic E-state index is 12.6. The van der Waals surface area contributed by atoms with Crippen molar-refractivity contribution in [2.24, 2.45) is 0 Å². The zero-order chi connectivity index (χ0) is 15.0. The number of alkyl halides is 3. The highest BCUT2D eigenvalue weighted by Gasteiger charge is 2.30. The van der Waals surface area contributed by atoms with Crippen LogP contribution in [0.15, 0.2) is 42.5 Å². The molecule has 0 atom stereocenters. The normalized spacial score (nSPS) is 12.0. The zero-order valence-electron chi connectivity index (χ0n) is 10.8. The molecule has 3 rings (SSSR count). The van der Waals surface area contributed by atoms with Crippen LogP contribution in [0, 0.1) is 0 Å². The van der Waals surface area contributed by atoms with E-state index in [1.54, 1.807) is 24.3 Å². The first-order valence-electron chi connectivity index (χ1n) is 6.25. The van der Waals surface area contributed by atoms with Gasteiger partial charge in [-0.1, -0.05) is 12.1 Å². The lowest BCUT2D eigenvalue weighted by molar-refractivity contribution is -0.137. The van der Waals surface area contributed by atoms with Gasteiger partial charge in [0, 0.05) is 6.42 Å². The van der Waals surface area contributed by atoms with Crippen molar-refractivity contribution < 1.29 is 18.3 Å². The Balaban J connectivity index is 1.92. The lowest BCUT2D eigenvalue weighted by Gasteiger charge is -2.05. The van der Waals surface area contributed by atoms with Gasteiger partial charge in [-0.3, -0.25) is 0 Å². The molecule has 3 aromatic rings. The molecule has 1 aromatic heterocycles. The van der Waals surface area contributed by atoms with E-state index >= 15 is 0 Å². The van der Waals surface area contributed by atoms with E-state index < -0.39 is 11.7 Å². The van der Waals surface area contributed by atoms with Crippen LogP contribution in [0.3, 0.4) is 0 Å². The fourth-order valence-corrected chi connectivity index (χ4v) is 2.13. The van der Waals surface area contributed by atoms with Gasteiger partial charge in [0.1, 0.15) is 11.6 Å². The van der Waals surface area contributed by atoms with E-state index in [2.05, 4.69) is 9.97 Å². The van der Waals surface area contributed by atoms with Crippen molar-refractivity contribution in [1.29, 1.82) is 0 Å². The Labute approximate surface area is 118 Å². The third-order valence-electron chi connectivity index (χ3n) is 3.17. The minimum Gasteiger partial charge on any atom is -0.508 e. The molecule has 0 amide bonds. The summed E-state index contributed by atoms with van der Waals surface area (Å²) in [5, 5.41) is 9.21. The van der Waals surface area contributed by atoms with Crippen LogP contribution in [-0.2, 0) is 12.6 Å². The van der Waals surface area contributed by atoms with Crippen LogP contribution in [-0.4, -0.2) is 15.1 Å². The minimum absolute atomic E-state index is 0.165. The summed E-state index contributed by atoms with van der Waals surface area (Å²) >= 11 is 0. The lowest BCUT2D eigenvalue weighted by Crippen LogP contribution is -2.04. The van der Waals surface area contributed by atoms with Crippen LogP contribution >= 0.6 is 0 Å². The molecule has 0 aliphatic rings. The molecule has 0 fully saturated rings. The summed E-state index contributed by atoms with van der Waals surface area (Å²) in [5.74, 6) is 0.744. The van der Waals surface area contributed by atoms with Crippen LogP contribution in [0.1, 0.15) is 17.0 Å². The number of fused-ring (bicyclic) bond motifs is 1. The van der Waals surface area contributed by atoms with E-state index in [0.29, 0.717) is 23.3 Å². The number of halogens is 3. The number of aromatic amines is 1. The second kappa shape index (κ2) is 4.80. The van der Waals surface area contributed by atoms with Gasteiger partial charge in [0.2, 0.25) is 0 Å². The monoisotopic (exact) mass is 292 g/mol. The predicted molar refractivity (Wildman–Crippen MR) is 72.0 cm³/mol. The summed E-state index contributed by atoms with van der Waals surface area (Å²) in [5.41, 5.74) is 1.06. The third-order valence-corrected chi connectivity index (χ3v) is 3.17. The Morgan fingerprint density at radius 3 is 2.43 bits per heavy atom. The molecule has 0 saturated heterocycles. The lowest BCUT2D eigenvalue weighted by atomic mass is 10.1. The third kappa shape index (κ3) is 2.84. The molecule has 1 heterocycles. The molecule has 21 heavy (non-hydrogen) atoms. The number of imidazole rings is 1. The van der Waals surface area contributed by atoms with Crippen LogP contribution in [0.4, 0.5) is 13.2 Å². The largest absolute Gasteiger partial charge is 0.508 e. The van der Waals surface area contributed by atoms with Gasteiger partial charge in [0.05, 0.1) is 16.6 Å². The van der Waals surface area contributed by atoms with Gasteiger partial charge in [-0.25, -0.2) is 4.98 Å². The summed E-state index contributed by atoms with van der Waals surface area (Å²) in [6.07, 6.45) is -3.91. The number of nitrogens with zero attached hydrogens (tertiary/aromatic N) is 1. The SMILES string of the molecule is Oc1ccc(Cc2nc3ccc(C(F)(F)F)cc3[nH]2)cc1. The molecule has 0 aliphatic carbocycles. The van der Waals surface area contributed by atoms with Gasteiger partial charge in [-0.2, -0.15) is 13.2 Å². The quantitative estimate of drug-likeness (QED) is 0.753. The fraction of sp³-hybridized carbons (Fsp3) is 0.133. The molecule has 108 valence electrons. The number of phenolic OH excluding ortho intramolecular Hbond substituents is 1. The Morgan fingerprint density at radius 1 is 1.05 bits per heavy atom. The first kappa shape index (κ1) is 13.5. The molecule has 0 aliphatic heterocycles. The minimum atomic E-state index is -4.36. The summed E-state index contributed by atoms with van der Waals surface area (Å²) in [6, 6.07) is 10.0.